The van der Waals surface area contributed by atoms with Crippen LogP contribution in [0.4, 0.5) is 8.78 Å². The van der Waals surface area contributed by atoms with Crippen molar-refractivity contribution in [3.63, 3.8) is 0 Å². The molecule has 0 saturated carbocycles. The predicted molar refractivity (Wildman–Crippen MR) is 43.9 cm³/mol. The summed E-state index contributed by atoms with van der Waals surface area (Å²) in [5.41, 5.74) is 0. The molecular formula is C8H15F2NO2. The molecule has 1 aliphatic rings. The molecule has 5 heteroatoms. The molecule has 0 aromatic carbocycles. The lowest BCUT2D eigenvalue weighted by Gasteiger charge is -2.35. The molecular weight excluding hydrogens is 180 g/mol. The van der Waals surface area contributed by atoms with E-state index < -0.39 is 12.5 Å². The zero-order chi connectivity index (χ0) is 9.90. The van der Waals surface area contributed by atoms with Crippen LogP contribution in [0.1, 0.15) is 6.92 Å². The number of nitrogens with zero attached hydrogens (tertiary/aromatic N) is 1. The molecule has 0 bridgehead atoms. The number of aliphatic hydroxyl groups is 1. The molecule has 0 spiro atoms. The number of hydrogen-bond acceptors (Lipinski definition) is 3. The van der Waals surface area contributed by atoms with E-state index in [1.54, 1.807) is 4.90 Å². The topological polar surface area (TPSA) is 32.7 Å². The summed E-state index contributed by atoms with van der Waals surface area (Å²) < 4.78 is 30.7. The van der Waals surface area contributed by atoms with Gasteiger partial charge >= 0.3 is 0 Å². The predicted octanol–water partition coefficient (Wildman–Crippen LogP) is 0.335. The van der Waals surface area contributed by atoms with Crippen molar-refractivity contribution >= 4 is 0 Å². The van der Waals surface area contributed by atoms with Crippen LogP contribution in [0.2, 0.25) is 0 Å². The van der Waals surface area contributed by atoms with Gasteiger partial charge in [-0.3, -0.25) is 4.90 Å². The van der Waals surface area contributed by atoms with Gasteiger partial charge in [-0.1, -0.05) is 0 Å². The van der Waals surface area contributed by atoms with E-state index in [-0.39, 0.29) is 12.6 Å². The highest BCUT2D eigenvalue weighted by Crippen LogP contribution is 2.17. The van der Waals surface area contributed by atoms with E-state index >= 15 is 0 Å². The van der Waals surface area contributed by atoms with Crippen molar-refractivity contribution in [3.05, 3.63) is 0 Å². The molecule has 0 aromatic heterocycles. The number of ether oxygens (including phenoxy) is 1. The zero-order valence-electron chi connectivity index (χ0n) is 7.67. The average molecular weight is 195 g/mol. The molecule has 1 fully saturated rings. The maximum atomic E-state index is 12.8. The summed E-state index contributed by atoms with van der Waals surface area (Å²) in [6, 6.07) is 0.00572. The Kier molecular flexibility index (Phi) is 3.58. The highest BCUT2D eigenvalue weighted by Gasteiger charge is 2.33. The summed E-state index contributed by atoms with van der Waals surface area (Å²) in [5, 5.41) is 8.40. The van der Waals surface area contributed by atoms with Gasteiger partial charge in [0.25, 0.3) is 5.92 Å². The van der Waals surface area contributed by atoms with Gasteiger partial charge in [-0.15, -0.1) is 0 Å². The largest absolute Gasteiger partial charge is 0.390 e. The van der Waals surface area contributed by atoms with Crippen molar-refractivity contribution < 1.29 is 18.6 Å². The molecule has 3 nitrogen and oxygen atoms in total. The Morgan fingerprint density at radius 1 is 1.62 bits per heavy atom. The van der Waals surface area contributed by atoms with Gasteiger partial charge in [-0.2, -0.15) is 0 Å². The van der Waals surface area contributed by atoms with Crippen LogP contribution < -0.4 is 0 Å². The van der Waals surface area contributed by atoms with Crippen LogP contribution in [-0.4, -0.2) is 54.9 Å². The van der Waals surface area contributed by atoms with Gasteiger partial charge in [-0.05, 0) is 6.92 Å². The Hall–Kier alpha value is -0.260. The molecule has 1 rings (SSSR count). The smallest absolute Gasteiger partial charge is 0.283 e. The first kappa shape index (κ1) is 10.8. The molecule has 1 heterocycles. The standard InChI is InChI=1S/C8H15F2NO2/c1-7-4-13-3-2-11(7)5-8(9,10)6-12/h7,12H,2-6H2,1H3. The molecule has 0 aromatic rings. The summed E-state index contributed by atoms with van der Waals surface area (Å²) >= 11 is 0. The Balaban J connectivity index is 2.42. The van der Waals surface area contributed by atoms with Crippen molar-refractivity contribution in [2.45, 2.75) is 18.9 Å². The molecule has 1 atom stereocenters. The molecule has 0 radical (unpaired) electrons. The van der Waals surface area contributed by atoms with Gasteiger partial charge < -0.3 is 9.84 Å². The quantitative estimate of drug-likeness (QED) is 0.704. The second-order valence-corrected chi connectivity index (χ2v) is 3.41. The molecule has 1 unspecified atom stereocenters. The minimum Gasteiger partial charge on any atom is -0.390 e. The van der Waals surface area contributed by atoms with Crippen LogP contribution in [0.25, 0.3) is 0 Å². The van der Waals surface area contributed by atoms with Crippen molar-refractivity contribution in [3.8, 4) is 0 Å². The molecule has 0 aliphatic carbocycles. The molecule has 0 amide bonds. The Labute approximate surface area is 76.3 Å². The van der Waals surface area contributed by atoms with Crippen LogP contribution in [0, 0.1) is 0 Å². The lowest BCUT2D eigenvalue weighted by Crippen LogP contribution is -2.49. The third-order valence-electron chi connectivity index (χ3n) is 2.17. The van der Waals surface area contributed by atoms with Gasteiger partial charge in [0.05, 0.1) is 19.8 Å². The van der Waals surface area contributed by atoms with E-state index in [0.29, 0.717) is 19.8 Å². The van der Waals surface area contributed by atoms with E-state index in [2.05, 4.69) is 0 Å². The summed E-state index contributed by atoms with van der Waals surface area (Å²) in [6.45, 7) is 1.86. The molecule has 78 valence electrons. The summed E-state index contributed by atoms with van der Waals surface area (Å²) in [6.07, 6.45) is 0. The summed E-state index contributed by atoms with van der Waals surface area (Å²) in [5.74, 6) is -2.99. The number of aliphatic hydroxyl groups excluding tert-OH is 1. The monoisotopic (exact) mass is 195 g/mol. The SMILES string of the molecule is CC1COCCN1CC(F)(F)CO. The van der Waals surface area contributed by atoms with Crippen LogP contribution in [0.3, 0.4) is 0 Å². The minimum atomic E-state index is -2.99. The van der Waals surface area contributed by atoms with E-state index in [0.717, 1.165) is 0 Å². The average Bonchev–Trinajstić information content (AvgIpc) is 2.09. The first-order valence-electron chi connectivity index (χ1n) is 4.35. The van der Waals surface area contributed by atoms with Crippen LogP contribution in [-0.2, 0) is 4.74 Å². The number of rotatable bonds is 3. The second-order valence-electron chi connectivity index (χ2n) is 3.41. The van der Waals surface area contributed by atoms with Crippen molar-refractivity contribution in [2.75, 3.05) is 32.9 Å². The fourth-order valence-corrected chi connectivity index (χ4v) is 1.34. The zero-order valence-corrected chi connectivity index (χ0v) is 7.67. The number of halogens is 2. The van der Waals surface area contributed by atoms with E-state index in [9.17, 15) is 8.78 Å². The number of hydrogen-bond donors (Lipinski definition) is 1. The highest BCUT2D eigenvalue weighted by atomic mass is 19.3. The van der Waals surface area contributed by atoms with Gasteiger partial charge in [0.2, 0.25) is 0 Å². The van der Waals surface area contributed by atoms with Crippen LogP contribution in [0.5, 0.6) is 0 Å². The van der Waals surface area contributed by atoms with Crippen LogP contribution in [0.15, 0.2) is 0 Å². The Bertz CT molecular complexity index is 166. The van der Waals surface area contributed by atoms with Gasteiger partial charge in [0.1, 0.15) is 6.61 Å². The van der Waals surface area contributed by atoms with Crippen molar-refractivity contribution in [2.24, 2.45) is 0 Å². The third-order valence-corrected chi connectivity index (χ3v) is 2.17. The lowest BCUT2D eigenvalue weighted by atomic mass is 10.2. The molecule has 13 heavy (non-hydrogen) atoms. The maximum absolute atomic E-state index is 12.8. The van der Waals surface area contributed by atoms with Gasteiger partial charge in [0, 0.05) is 12.6 Å². The first-order valence-corrected chi connectivity index (χ1v) is 4.35. The van der Waals surface area contributed by atoms with Gasteiger partial charge in [0.15, 0.2) is 0 Å². The minimum absolute atomic E-state index is 0.00572. The lowest BCUT2D eigenvalue weighted by molar-refractivity contribution is -0.100. The molecule has 1 aliphatic heterocycles. The number of morpholine rings is 1. The van der Waals surface area contributed by atoms with E-state index in [1.807, 2.05) is 6.92 Å². The van der Waals surface area contributed by atoms with E-state index in [4.69, 9.17) is 9.84 Å². The second kappa shape index (κ2) is 4.30. The summed E-state index contributed by atoms with van der Waals surface area (Å²) in [7, 11) is 0. The molecule has 1 N–H and O–H groups in total. The fourth-order valence-electron chi connectivity index (χ4n) is 1.34. The molecule has 1 saturated heterocycles. The van der Waals surface area contributed by atoms with Gasteiger partial charge in [-0.25, -0.2) is 8.78 Å². The van der Waals surface area contributed by atoms with E-state index in [1.165, 1.54) is 0 Å². The maximum Gasteiger partial charge on any atom is 0.283 e. The highest BCUT2D eigenvalue weighted by molar-refractivity contribution is 4.77. The number of alkyl halides is 2. The third kappa shape index (κ3) is 3.17. The van der Waals surface area contributed by atoms with Crippen molar-refractivity contribution in [1.29, 1.82) is 0 Å². The Morgan fingerprint density at radius 3 is 2.85 bits per heavy atom. The Morgan fingerprint density at radius 2 is 2.31 bits per heavy atom. The summed E-state index contributed by atoms with van der Waals surface area (Å²) in [4.78, 5) is 1.64. The fraction of sp³-hybridized carbons (Fsp3) is 1.00. The van der Waals surface area contributed by atoms with Crippen LogP contribution >= 0.6 is 0 Å². The normalized spacial score (nSPS) is 26.3. The van der Waals surface area contributed by atoms with Crippen molar-refractivity contribution in [1.82, 2.24) is 4.90 Å². The first-order chi connectivity index (χ1) is 6.05.